The number of benzene rings is 9. The van der Waals surface area contributed by atoms with Gasteiger partial charge in [0.2, 0.25) is 0 Å². The molecule has 9 aromatic carbocycles. The van der Waals surface area contributed by atoms with E-state index < -0.39 is 54.5 Å². The van der Waals surface area contributed by atoms with Crippen LogP contribution in [0.3, 0.4) is 0 Å². The van der Waals surface area contributed by atoms with Gasteiger partial charge in [-0.3, -0.25) is 30.3 Å². The Morgan fingerprint density at radius 2 is 0.510 bits per heavy atom. The van der Waals surface area contributed by atoms with Crippen LogP contribution in [0, 0.1) is 20.8 Å². The molecule has 0 saturated carbocycles. The van der Waals surface area contributed by atoms with Crippen molar-refractivity contribution in [3.05, 3.63) is 287 Å². The summed E-state index contributed by atoms with van der Waals surface area (Å²) < 4.78 is 33.0. The highest BCUT2D eigenvalue weighted by atomic mass is 16.6. The van der Waals surface area contributed by atoms with Gasteiger partial charge in [0, 0.05) is 16.7 Å². The van der Waals surface area contributed by atoms with E-state index >= 15 is 0 Å². The second kappa shape index (κ2) is 33.9. The van der Waals surface area contributed by atoms with Crippen molar-refractivity contribution in [2.24, 2.45) is 0 Å². The van der Waals surface area contributed by atoms with Crippen LogP contribution in [0.2, 0.25) is 0 Å². The van der Waals surface area contributed by atoms with Gasteiger partial charge in [-0.05, 0) is 108 Å². The van der Waals surface area contributed by atoms with Crippen LogP contribution in [0.15, 0.2) is 250 Å². The maximum absolute atomic E-state index is 12.5. The predicted octanol–water partition coefficient (Wildman–Crippen LogP) is 18.8. The van der Waals surface area contributed by atoms with Crippen LogP contribution < -0.4 is 16.0 Å². The minimum Gasteiger partial charge on any atom is -0.481 e. The van der Waals surface area contributed by atoms with Crippen LogP contribution in [-0.2, 0) is 47.9 Å². The predicted molar refractivity (Wildman–Crippen MR) is 385 cm³/mol. The van der Waals surface area contributed by atoms with E-state index in [9.17, 15) is 28.8 Å². The molecular formula is C81H72N6O15. The second-order valence-electron chi connectivity index (χ2n) is 23.7. The van der Waals surface area contributed by atoms with E-state index in [1.54, 1.807) is 57.2 Å². The number of carbonyl (C=O) groups excluding carboxylic acids is 3. The van der Waals surface area contributed by atoms with E-state index in [0.29, 0.717) is 51.4 Å². The SMILES string of the molecule is Cc1noc(-c2ccc(-c3ccc(CC(=O)O)cc3)cc2)c1NC(=O)O[C@H](C)c1ccccc1.Cc1noc(-c2ccc(-c3ccc(CC(=O)O)cc3)cc2)c1NC(=O)O[C@H](C)c1ccccc1.Cc1noc(-c2ccc(-c3ccc(CC(=O)O)cc3)cc2)c1NC(=O)O[C@H](C)c1ccccc1. The number of ether oxygens (including phenoxy) is 3. The van der Waals surface area contributed by atoms with Crippen LogP contribution in [0.1, 0.15) is 89.5 Å². The molecule has 0 aliphatic heterocycles. The fourth-order valence-electron chi connectivity index (χ4n) is 10.8. The van der Waals surface area contributed by atoms with Crippen molar-refractivity contribution in [2.75, 3.05) is 16.0 Å². The van der Waals surface area contributed by atoms with Crippen molar-refractivity contribution >= 4 is 53.2 Å². The third-order valence-electron chi connectivity index (χ3n) is 16.3. The third-order valence-corrected chi connectivity index (χ3v) is 16.3. The molecule has 3 aromatic heterocycles. The van der Waals surface area contributed by atoms with Crippen molar-refractivity contribution in [1.82, 2.24) is 15.5 Å². The highest BCUT2D eigenvalue weighted by molar-refractivity contribution is 5.93. The average molecular weight is 1370 g/mol. The minimum atomic E-state index is -0.859. The molecule has 0 aliphatic rings. The molecule has 0 spiro atoms. The van der Waals surface area contributed by atoms with Crippen molar-refractivity contribution in [3.8, 4) is 67.4 Å². The molecule has 3 atom stereocenters. The third kappa shape index (κ3) is 19.3. The van der Waals surface area contributed by atoms with Gasteiger partial charge in [0.1, 0.15) is 52.5 Å². The van der Waals surface area contributed by atoms with E-state index in [1.165, 1.54) is 0 Å². The molecule has 3 heterocycles. The first-order chi connectivity index (χ1) is 49.2. The summed E-state index contributed by atoms with van der Waals surface area (Å²) in [4.78, 5) is 70.2. The Bertz CT molecular complexity index is 4320. The number of aryl methyl sites for hydroxylation is 3. The fourth-order valence-corrected chi connectivity index (χ4v) is 10.8. The highest BCUT2D eigenvalue weighted by Crippen LogP contribution is 2.37. The van der Waals surface area contributed by atoms with Crippen LogP contribution in [-0.4, -0.2) is 67.0 Å². The maximum atomic E-state index is 12.5. The van der Waals surface area contributed by atoms with Crippen molar-refractivity contribution in [1.29, 1.82) is 0 Å². The first-order valence-electron chi connectivity index (χ1n) is 32.4. The fraction of sp³-hybridized carbons (Fsp3) is 0.148. The van der Waals surface area contributed by atoms with Crippen LogP contribution in [0.4, 0.5) is 31.4 Å². The van der Waals surface area contributed by atoms with Gasteiger partial charge in [0.15, 0.2) is 17.3 Å². The zero-order valence-corrected chi connectivity index (χ0v) is 56.5. The number of aliphatic carboxylic acids is 3. The molecule has 0 saturated heterocycles. The minimum absolute atomic E-state index is 0.00754. The molecule has 12 aromatic rings. The zero-order valence-electron chi connectivity index (χ0n) is 56.5. The maximum Gasteiger partial charge on any atom is 0.412 e. The summed E-state index contributed by atoms with van der Waals surface area (Å²) in [5.41, 5.74) is 15.9. The summed E-state index contributed by atoms with van der Waals surface area (Å²) in [7, 11) is 0. The average Bonchev–Trinajstić information content (AvgIpc) is 1.62. The Balaban J connectivity index is 0.000000165. The van der Waals surface area contributed by atoms with E-state index in [1.807, 2.05) is 221 Å². The Morgan fingerprint density at radius 3 is 0.716 bits per heavy atom. The van der Waals surface area contributed by atoms with E-state index in [0.717, 1.165) is 83.5 Å². The lowest BCUT2D eigenvalue weighted by Crippen LogP contribution is -2.16. The lowest BCUT2D eigenvalue weighted by atomic mass is 10.0. The first kappa shape index (κ1) is 71.6. The molecule has 21 nitrogen and oxygen atoms in total. The summed E-state index contributed by atoms with van der Waals surface area (Å²) in [6.07, 6.45) is -3.04. The number of hydrogen-bond donors (Lipinski definition) is 6. The molecule has 0 bridgehead atoms. The second-order valence-corrected chi connectivity index (χ2v) is 23.7. The normalized spacial score (nSPS) is 11.6. The molecule has 21 heteroatoms. The summed E-state index contributed by atoms with van der Waals surface area (Å²) in [5, 5.41) is 47.0. The van der Waals surface area contributed by atoms with Gasteiger partial charge in [0.25, 0.3) is 0 Å². The number of rotatable bonds is 21. The Kier molecular flexibility index (Phi) is 23.8. The molecular weight excluding hydrogens is 1300 g/mol. The topological polar surface area (TPSA) is 305 Å². The number of carboxylic acids is 3. The monoisotopic (exact) mass is 1370 g/mol. The Hall–Kier alpha value is -13.2. The van der Waals surface area contributed by atoms with Gasteiger partial charge in [-0.15, -0.1) is 0 Å². The number of carbonyl (C=O) groups is 6. The van der Waals surface area contributed by atoms with Crippen molar-refractivity contribution in [3.63, 3.8) is 0 Å². The molecule has 0 unspecified atom stereocenters. The number of anilines is 3. The van der Waals surface area contributed by atoms with Gasteiger partial charge in [-0.1, -0.05) is 252 Å². The van der Waals surface area contributed by atoms with Crippen LogP contribution in [0.5, 0.6) is 0 Å². The van der Waals surface area contributed by atoms with E-state index in [4.69, 9.17) is 43.1 Å². The number of nitrogens with zero attached hydrogens (tertiary/aromatic N) is 3. The molecule has 0 fully saturated rings. The number of hydrogen-bond acceptors (Lipinski definition) is 15. The van der Waals surface area contributed by atoms with Crippen molar-refractivity contribution in [2.45, 2.75) is 79.1 Å². The molecule has 3 amide bonds. The zero-order chi connectivity index (χ0) is 72.2. The Labute approximate surface area is 587 Å². The molecule has 102 heavy (non-hydrogen) atoms. The largest absolute Gasteiger partial charge is 0.481 e. The first-order valence-corrected chi connectivity index (χ1v) is 32.4. The van der Waals surface area contributed by atoms with Gasteiger partial charge in [-0.2, -0.15) is 0 Å². The number of aromatic nitrogens is 3. The number of amides is 3. The Morgan fingerprint density at radius 1 is 0.314 bits per heavy atom. The van der Waals surface area contributed by atoms with Crippen molar-refractivity contribution < 1.29 is 71.9 Å². The van der Waals surface area contributed by atoms with Crippen LogP contribution in [0.25, 0.3) is 67.4 Å². The quantitative estimate of drug-likeness (QED) is 0.0364. The van der Waals surface area contributed by atoms with E-state index in [2.05, 4.69) is 31.4 Å². The molecule has 0 aliphatic carbocycles. The highest BCUT2D eigenvalue weighted by Gasteiger charge is 2.24. The summed E-state index contributed by atoms with van der Waals surface area (Å²) in [5.74, 6) is -1.27. The smallest absolute Gasteiger partial charge is 0.412 e. The van der Waals surface area contributed by atoms with E-state index in [-0.39, 0.29) is 19.3 Å². The standard InChI is InChI=1S/3C27H24N2O5/c3*1-17-25(28-27(32)33-18(2)20-6-4-3-5-7-20)26(34-29-17)23-14-12-22(13-15-23)21-10-8-19(9-11-21)16-24(30)31/h3*3-15,18H,16H2,1-2H3,(H,28,32)(H,30,31)/t3*18-/m111/s1. The number of carboxylic acid groups (broad SMARTS) is 3. The molecule has 0 radical (unpaired) electrons. The van der Waals surface area contributed by atoms with Crippen LogP contribution >= 0.6 is 0 Å². The van der Waals surface area contributed by atoms with Gasteiger partial charge >= 0.3 is 36.2 Å². The summed E-state index contributed by atoms with van der Waals surface area (Å²) in [6.45, 7) is 10.7. The van der Waals surface area contributed by atoms with Gasteiger partial charge in [-0.25, -0.2) is 14.4 Å². The summed E-state index contributed by atoms with van der Waals surface area (Å²) in [6, 6.07) is 73.5. The van der Waals surface area contributed by atoms with Gasteiger partial charge < -0.3 is 43.1 Å². The number of nitrogens with one attached hydrogen (secondary N) is 3. The molecule has 6 N–H and O–H groups in total. The lowest BCUT2D eigenvalue weighted by molar-refractivity contribution is -0.137. The lowest BCUT2D eigenvalue weighted by Gasteiger charge is -2.14. The van der Waals surface area contributed by atoms with Gasteiger partial charge in [0.05, 0.1) is 19.3 Å². The summed E-state index contributed by atoms with van der Waals surface area (Å²) >= 11 is 0. The molecule has 12 rings (SSSR count). The molecule has 516 valence electrons.